The predicted octanol–water partition coefficient (Wildman–Crippen LogP) is 1.68. The molecule has 3 N–H and O–H groups in total. The molecule has 0 aromatic carbocycles. The van der Waals surface area contributed by atoms with E-state index in [4.69, 9.17) is 5.73 Å². The van der Waals surface area contributed by atoms with E-state index in [0.717, 1.165) is 24.8 Å². The highest BCUT2D eigenvalue weighted by atomic mass is 32.1. The third kappa shape index (κ3) is 1.85. The Morgan fingerprint density at radius 3 is 3.05 bits per heavy atom. The molecule has 1 amide bonds. The lowest BCUT2D eigenvalue weighted by molar-refractivity contribution is 0.101. The van der Waals surface area contributed by atoms with Crippen LogP contribution in [0.5, 0.6) is 0 Å². The topological polar surface area (TPSA) is 96.7 Å². The number of aryl methyl sites for hydroxylation is 2. The fourth-order valence-corrected chi connectivity index (χ4v) is 3.74. The van der Waals surface area contributed by atoms with E-state index in [1.165, 1.54) is 27.1 Å². The van der Waals surface area contributed by atoms with Crippen molar-refractivity contribution in [2.75, 3.05) is 11.1 Å². The van der Waals surface area contributed by atoms with Crippen LogP contribution in [0.3, 0.4) is 0 Å². The Kier molecular flexibility index (Phi) is 2.95. The molecule has 0 atom stereocenters. The number of nitriles is 1. The van der Waals surface area contributed by atoms with Gasteiger partial charge in [-0.2, -0.15) is 10.4 Å². The Hall–Kier alpha value is -2.33. The van der Waals surface area contributed by atoms with Gasteiger partial charge in [0.2, 0.25) is 0 Å². The van der Waals surface area contributed by atoms with E-state index < -0.39 is 0 Å². The minimum atomic E-state index is -0.334. The number of hydrogen-bond donors (Lipinski definition) is 2. The molecular formula is C13H13N5OS. The molecule has 0 saturated heterocycles. The van der Waals surface area contributed by atoms with Crippen LogP contribution in [0.1, 0.15) is 32.9 Å². The maximum atomic E-state index is 12.3. The lowest BCUT2D eigenvalue weighted by Gasteiger charge is -2.05. The molecule has 0 bridgehead atoms. The lowest BCUT2D eigenvalue weighted by Crippen LogP contribution is -2.17. The Balaban J connectivity index is 1.93. The van der Waals surface area contributed by atoms with Crippen molar-refractivity contribution in [3.63, 3.8) is 0 Å². The molecular weight excluding hydrogens is 274 g/mol. The van der Waals surface area contributed by atoms with E-state index in [2.05, 4.69) is 16.5 Å². The summed E-state index contributed by atoms with van der Waals surface area (Å²) in [5.41, 5.74) is 8.05. The second-order valence-corrected chi connectivity index (χ2v) is 5.80. The van der Waals surface area contributed by atoms with Gasteiger partial charge in [0, 0.05) is 11.9 Å². The van der Waals surface area contributed by atoms with Crippen molar-refractivity contribution in [3.8, 4) is 6.07 Å². The number of carbonyl (C=O) groups is 1. The second kappa shape index (κ2) is 4.65. The number of fused-ring (bicyclic) bond motifs is 1. The van der Waals surface area contributed by atoms with E-state index in [-0.39, 0.29) is 5.91 Å². The zero-order valence-electron chi connectivity index (χ0n) is 10.9. The maximum absolute atomic E-state index is 12.3. The fourth-order valence-electron chi connectivity index (χ4n) is 2.51. The number of rotatable bonds is 2. The third-order valence-electron chi connectivity index (χ3n) is 3.44. The molecule has 0 spiro atoms. The highest BCUT2D eigenvalue weighted by Crippen LogP contribution is 2.38. The van der Waals surface area contributed by atoms with Crippen molar-refractivity contribution in [1.82, 2.24) is 9.78 Å². The highest BCUT2D eigenvalue weighted by Gasteiger charge is 2.24. The first-order valence-corrected chi connectivity index (χ1v) is 7.07. The summed E-state index contributed by atoms with van der Waals surface area (Å²) in [7, 11) is 1.66. The minimum Gasteiger partial charge on any atom is -0.396 e. The lowest BCUT2D eigenvalue weighted by atomic mass is 10.1. The number of aromatic nitrogens is 2. The summed E-state index contributed by atoms with van der Waals surface area (Å²) in [6.45, 7) is 0. The summed E-state index contributed by atoms with van der Waals surface area (Å²) < 4.78 is 1.43. The number of thiophene rings is 1. The average molecular weight is 287 g/mol. The van der Waals surface area contributed by atoms with Crippen molar-refractivity contribution in [1.29, 1.82) is 5.26 Å². The number of nitrogens with two attached hydrogens (primary N) is 1. The van der Waals surface area contributed by atoms with Gasteiger partial charge in [0.15, 0.2) is 0 Å². The van der Waals surface area contributed by atoms with E-state index >= 15 is 0 Å². The number of hydrogen-bond acceptors (Lipinski definition) is 5. The van der Waals surface area contributed by atoms with Crippen LogP contribution >= 0.6 is 11.3 Å². The normalized spacial score (nSPS) is 13.0. The Labute approximate surface area is 119 Å². The smallest absolute Gasteiger partial charge is 0.276 e. The SMILES string of the molecule is Cn1ncc(N)c1C(=O)Nc1sc2c(c1C#N)CCC2. The predicted molar refractivity (Wildman–Crippen MR) is 76.6 cm³/mol. The van der Waals surface area contributed by atoms with Crippen LogP contribution in [0, 0.1) is 11.3 Å². The molecule has 2 aromatic rings. The Morgan fingerprint density at radius 1 is 1.60 bits per heavy atom. The number of nitrogen functional groups attached to an aromatic ring is 1. The van der Waals surface area contributed by atoms with Gasteiger partial charge >= 0.3 is 0 Å². The van der Waals surface area contributed by atoms with Crippen molar-refractivity contribution in [3.05, 3.63) is 27.9 Å². The molecule has 0 radical (unpaired) electrons. The molecule has 3 rings (SSSR count). The fraction of sp³-hybridized carbons (Fsp3) is 0.308. The van der Waals surface area contributed by atoms with Crippen LogP contribution in [0.25, 0.3) is 0 Å². The van der Waals surface area contributed by atoms with E-state index in [1.807, 2.05) is 0 Å². The van der Waals surface area contributed by atoms with Crippen LogP contribution in [0.2, 0.25) is 0 Å². The summed E-state index contributed by atoms with van der Waals surface area (Å²) in [5.74, 6) is -0.334. The van der Waals surface area contributed by atoms with E-state index in [0.29, 0.717) is 21.9 Å². The summed E-state index contributed by atoms with van der Waals surface area (Å²) in [5, 5.41) is 16.6. The third-order valence-corrected chi connectivity index (χ3v) is 4.65. The summed E-state index contributed by atoms with van der Waals surface area (Å²) in [4.78, 5) is 13.5. The van der Waals surface area contributed by atoms with Gasteiger partial charge in [-0.15, -0.1) is 11.3 Å². The van der Waals surface area contributed by atoms with Crippen LogP contribution in [0.15, 0.2) is 6.20 Å². The van der Waals surface area contributed by atoms with Crippen molar-refractivity contribution in [2.24, 2.45) is 7.05 Å². The number of nitrogens with zero attached hydrogens (tertiary/aromatic N) is 3. The van der Waals surface area contributed by atoms with Crippen molar-refractivity contribution >= 4 is 27.9 Å². The van der Waals surface area contributed by atoms with Gasteiger partial charge in [0.25, 0.3) is 5.91 Å². The number of anilines is 2. The molecule has 1 aliphatic rings. The van der Waals surface area contributed by atoms with E-state index in [1.54, 1.807) is 7.05 Å². The quantitative estimate of drug-likeness (QED) is 0.878. The first-order chi connectivity index (χ1) is 9.61. The van der Waals surface area contributed by atoms with Crippen LogP contribution in [0.4, 0.5) is 10.7 Å². The van der Waals surface area contributed by atoms with Gasteiger partial charge in [-0.25, -0.2) is 0 Å². The number of carbonyl (C=O) groups excluding carboxylic acids is 1. The molecule has 6 nitrogen and oxygen atoms in total. The number of amides is 1. The summed E-state index contributed by atoms with van der Waals surface area (Å²) >= 11 is 1.49. The molecule has 0 fully saturated rings. The molecule has 0 aliphatic heterocycles. The zero-order valence-corrected chi connectivity index (χ0v) is 11.8. The molecule has 0 saturated carbocycles. The minimum absolute atomic E-state index is 0.308. The van der Waals surface area contributed by atoms with Crippen molar-refractivity contribution in [2.45, 2.75) is 19.3 Å². The van der Waals surface area contributed by atoms with Gasteiger partial charge in [0.1, 0.15) is 16.8 Å². The molecule has 20 heavy (non-hydrogen) atoms. The average Bonchev–Trinajstić information content (AvgIpc) is 3.04. The Bertz CT molecular complexity index is 717. The molecule has 0 unspecified atom stereocenters. The van der Waals surface area contributed by atoms with Crippen molar-refractivity contribution < 1.29 is 4.79 Å². The van der Waals surface area contributed by atoms with Gasteiger partial charge in [-0.05, 0) is 24.8 Å². The monoisotopic (exact) mass is 287 g/mol. The summed E-state index contributed by atoms with van der Waals surface area (Å²) in [6.07, 6.45) is 4.42. The van der Waals surface area contributed by atoms with Crippen LogP contribution in [-0.2, 0) is 19.9 Å². The first-order valence-electron chi connectivity index (χ1n) is 6.25. The zero-order chi connectivity index (χ0) is 14.3. The second-order valence-electron chi connectivity index (χ2n) is 4.70. The standard InChI is InChI=1S/C13H13N5OS/c1-18-11(9(15)6-16-18)12(19)17-13-8(5-14)7-3-2-4-10(7)20-13/h6H,2-4,15H2,1H3,(H,17,19). The number of nitrogens with one attached hydrogen (secondary N) is 1. The molecule has 7 heteroatoms. The van der Waals surface area contributed by atoms with Crippen LogP contribution < -0.4 is 11.1 Å². The van der Waals surface area contributed by atoms with Gasteiger partial charge in [0.05, 0.1) is 17.4 Å². The highest BCUT2D eigenvalue weighted by molar-refractivity contribution is 7.16. The first kappa shape index (κ1) is 12.7. The van der Waals surface area contributed by atoms with Gasteiger partial charge < -0.3 is 11.1 Å². The van der Waals surface area contributed by atoms with E-state index in [9.17, 15) is 10.1 Å². The molecule has 1 aliphatic carbocycles. The summed E-state index contributed by atoms with van der Waals surface area (Å²) in [6, 6.07) is 2.20. The van der Waals surface area contributed by atoms with Crippen LogP contribution in [-0.4, -0.2) is 15.7 Å². The maximum Gasteiger partial charge on any atom is 0.276 e. The van der Waals surface area contributed by atoms with Gasteiger partial charge in [-0.1, -0.05) is 0 Å². The molecule has 2 aromatic heterocycles. The van der Waals surface area contributed by atoms with Gasteiger partial charge in [-0.3, -0.25) is 9.48 Å². The molecule has 2 heterocycles. The Morgan fingerprint density at radius 2 is 2.40 bits per heavy atom. The molecule has 102 valence electrons. The largest absolute Gasteiger partial charge is 0.396 e.